The van der Waals surface area contributed by atoms with Crippen LogP contribution in [0.1, 0.15) is 29.7 Å². The molecule has 5 nitrogen and oxygen atoms in total. The van der Waals surface area contributed by atoms with Gasteiger partial charge >= 0.3 is 0 Å². The highest BCUT2D eigenvalue weighted by molar-refractivity contribution is 5.43. The maximum atomic E-state index is 14.6. The second kappa shape index (κ2) is 11.1. The van der Waals surface area contributed by atoms with Gasteiger partial charge in [-0.3, -0.25) is 4.90 Å². The summed E-state index contributed by atoms with van der Waals surface area (Å²) in [6.07, 6.45) is 2.53. The van der Waals surface area contributed by atoms with Crippen molar-refractivity contribution in [3.63, 3.8) is 0 Å². The molecular formula is C30H32FN3O2. The number of aromatic nitrogens is 2. The molecule has 0 radical (unpaired) electrons. The molecule has 1 atom stereocenters. The SMILES string of the molecule is Cc1nn(-c2ccccc2)c(Oc2ccccc2F)c1CN(CC(O)Cc1ccccc1)CC1CC1. The molecule has 6 heteroatoms. The Morgan fingerprint density at radius 1 is 1.00 bits per heavy atom. The predicted molar refractivity (Wildman–Crippen MR) is 139 cm³/mol. The fourth-order valence-corrected chi connectivity index (χ4v) is 4.54. The van der Waals surface area contributed by atoms with E-state index < -0.39 is 11.9 Å². The second-order valence-corrected chi connectivity index (χ2v) is 9.63. The molecule has 0 aliphatic heterocycles. The first-order chi connectivity index (χ1) is 17.6. The molecule has 0 amide bonds. The third kappa shape index (κ3) is 6.01. The lowest BCUT2D eigenvalue weighted by Crippen LogP contribution is -2.35. The average Bonchev–Trinajstić information content (AvgIpc) is 3.65. The van der Waals surface area contributed by atoms with Gasteiger partial charge in [-0.15, -0.1) is 0 Å². The summed E-state index contributed by atoms with van der Waals surface area (Å²) in [5.74, 6) is 0.889. The maximum Gasteiger partial charge on any atom is 0.227 e. The van der Waals surface area contributed by atoms with Gasteiger partial charge in [0, 0.05) is 19.6 Å². The van der Waals surface area contributed by atoms with Crippen LogP contribution in [0.25, 0.3) is 5.69 Å². The van der Waals surface area contributed by atoms with E-state index in [1.165, 1.54) is 18.9 Å². The first kappa shape index (κ1) is 24.2. The molecule has 1 fully saturated rings. The molecule has 3 aromatic carbocycles. The summed E-state index contributed by atoms with van der Waals surface area (Å²) in [5, 5.41) is 15.7. The number of halogens is 1. The fourth-order valence-electron chi connectivity index (χ4n) is 4.54. The van der Waals surface area contributed by atoms with Gasteiger partial charge < -0.3 is 9.84 Å². The lowest BCUT2D eigenvalue weighted by molar-refractivity contribution is 0.105. The van der Waals surface area contributed by atoms with E-state index in [4.69, 9.17) is 9.84 Å². The summed E-state index contributed by atoms with van der Waals surface area (Å²) in [5.41, 5.74) is 3.68. The van der Waals surface area contributed by atoms with E-state index in [1.807, 2.05) is 67.6 Å². The molecule has 0 saturated heterocycles. The van der Waals surface area contributed by atoms with E-state index in [9.17, 15) is 9.50 Å². The molecule has 186 valence electrons. The first-order valence-corrected chi connectivity index (χ1v) is 12.6. The molecular weight excluding hydrogens is 453 g/mol. The maximum absolute atomic E-state index is 14.6. The van der Waals surface area contributed by atoms with Crippen molar-refractivity contribution in [2.24, 2.45) is 5.92 Å². The van der Waals surface area contributed by atoms with Gasteiger partial charge in [0.2, 0.25) is 5.88 Å². The van der Waals surface area contributed by atoms with Crippen LogP contribution in [0.3, 0.4) is 0 Å². The molecule has 1 aliphatic carbocycles. The smallest absolute Gasteiger partial charge is 0.227 e. The van der Waals surface area contributed by atoms with Gasteiger partial charge in [-0.1, -0.05) is 60.7 Å². The van der Waals surface area contributed by atoms with Crippen molar-refractivity contribution in [1.29, 1.82) is 0 Å². The van der Waals surface area contributed by atoms with Crippen molar-refractivity contribution in [2.45, 2.75) is 38.8 Å². The molecule has 4 aromatic rings. The molecule has 5 rings (SSSR count). The Bertz CT molecular complexity index is 1270. The van der Waals surface area contributed by atoms with Gasteiger partial charge in [0.1, 0.15) is 0 Å². The van der Waals surface area contributed by atoms with E-state index in [-0.39, 0.29) is 5.75 Å². The fraction of sp³-hybridized carbons (Fsp3) is 0.300. The van der Waals surface area contributed by atoms with Crippen LogP contribution in [-0.4, -0.2) is 39.0 Å². The number of benzene rings is 3. The van der Waals surface area contributed by atoms with Crippen molar-refractivity contribution in [3.8, 4) is 17.3 Å². The third-order valence-corrected chi connectivity index (χ3v) is 6.56. The van der Waals surface area contributed by atoms with Crippen LogP contribution in [0.4, 0.5) is 4.39 Å². The molecule has 1 heterocycles. The minimum atomic E-state index is -0.494. The predicted octanol–water partition coefficient (Wildman–Crippen LogP) is 5.93. The van der Waals surface area contributed by atoms with Crippen molar-refractivity contribution in [2.75, 3.05) is 13.1 Å². The number of aryl methyl sites for hydroxylation is 1. The summed E-state index contributed by atoms with van der Waals surface area (Å²) in [6.45, 7) is 3.96. The highest BCUT2D eigenvalue weighted by Gasteiger charge is 2.28. The van der Waals surface area contributed by atoms with Gasteiger partial charge in [0.25, 0.3) is 0 Å². The van der Waals surface area contributed by atoms with E-state index in [0.29, 0.717) is 31.3 Å². The number of aliphatic hydroxyl groups is 1. The second-order valence-electron chi connectivity index (χ2n) is 9.63. The van der Waals surface area contributed by atoms with Gasteiger partial charge in [0.05, 0.1) is 23.0 Å². The summed E-state index contributed by atoms with van der Waals surface area (Å²) in [4.78, 5) is 2.29. The van der Waals surface area contributed by atoms with Gasteiger partial charge in [-0.25, -0.2) is 9.07 Å². The Hall–Kier alpha value is -3.48. The van der Waals surface area contributed by atoms with E-state index in [0.717, 1.165) is 29.1 Å². The number of aliphatic hydroxyl groups excluding tert-OH is 1. The van der Waals surface area contributed by atoms with Crippen molar-refractivity contribution in [1.82, 2.24) is 14.7 Å². The zero-order chi connectivity index (χ0) is 24.9. The number of hydrogen-bond acceptors (Lipinski definition) is 4. The number of hydrogen-bond donors (Lipinski definition) is 1. The monoisotopic (exact) mass is 485 g/mol. The van der Waals surface area contributed by atoms with Crippen LogP contribution >= 0.6 is 0 Å². The standard InChI is InChI=1S/C30H32FN3O2/c1-22-27(21-33(19-24-16-17-24)20-26(35)18-23-10-4-2-5-11-23)30(36-29-15-9-8-14-28(29)31)34(32-22)25-12-6-3-7-13-25/h2-15,24,26,35H,16-21H2,1H3. The van der Waals surface area contributed by atoms with Gasteiger partial charge in [-0.2, -0.15) is 5.10 Å². The van der Waals surface area contributed by atoms with Crippen LogP contribution in [-0.2, 0) is 13.0 Å². The van der Waals surface area contributed by atoms with Gasteiger partial charge in [-0.05, 0) is 61.9 Å². The van der Waals surface area contributed by atoms with Crippen LogP contribution in [0.15, 0.2) is 84.9 Å². The lowest BCUT2D eigenvalue weighted by atomic mass is 10.1. The Labute approximate surface area is 211 Å². The van der Waals surface area contributed by atoms with Crippen LogP contribution < -0.4 is 4.74 Å². The molecule has 1 aromatic heterocycles. The topological polar surface area (TPSA) is 50.5 Å². The van der Waals surface area contributed by atoms with Crippen molar-refractivity contribution < 1.29 is 14.2 Å². The number of rotatable bonds is 11. The summed E-state index contributed by atoms with van der Waals surface area (Å²) >= 11 is 0. The van der Waals surface area contributed by atoms with Crippen LogP contribution in [0, 0.1) is 18.7 Å². The Balaban J connectivity index is 1.44. The summed E-state index contributed by atoms with van der Waals surface area (Å²) < 4.78 is 22.5. The minimum Gasteiger partial charge on any atom is -0.435 e. The molecule has 36 heavy (non-hydrogen) atoms. The average molecular weight is 486 g/mol. The normalized spacial score (nSPS) is 14.2. The largest absolute Gasteiger partial charge is 0.435 e. The van der Waals surface area contributed by atoms with Crippen molar-refractivity contribution >= 4 is 0 Å². The van der Waals surface area contributed by atoms with E-state index in [1.54, 1.807) is 22.9 Å². The molecule has 0 spiro atoms. The molecule has 1 saturated carbocycles. The molecule has 1 N–H and O–H groups in total. The van der Waals surface area contributed by atoms with Gasteiger partial charge in [0.15, 0.2) is 11.6 Å². The minimum absolute atomic E-state index is 0.161. The zero-order valence-electron chi connectivity index (χ0n) is 20.6. The highest BCUT2D eigenvalue weighted by atomic mass is 19.1. The number of nitrogens with zero attached hydrogens (tertiary/aromatic N) is 3. The van der Waals surface area contributed by atoms with E-state index >= 15 is 0 Å². The van der Waals surface area contributed by atoms with Crippen molar-refractivity contribution in [3.05, 3.63) is 108 Å². The lowest BCUT2D eigenvalue weighted by Gasteiger charge is -2.25. The highest BCUT2D eigenvalue weighted by Crippen LogP contribution is 2.35. The van der Waals surface area contributed by atoms with E-state index in [2.05, 4.69) is 4.90 Å². The zero-order valence-corrected chi connectivity index (χ0v) is 20.6. The molecule has 1 aliphatic rings. The molecule has 1 unspecified atom stereocenters. The Morgan fingerprint density at radius 3 is 2.36 bits per heavy atom. The first-order valence-electron chi connectivity index (χ1n) is 12.6. The Morgan fingerprint density at radius 2 is 1.67 bits per heavy atom. The quantitative estimate of drug-likeness (QED) is 0.286. The number of para-hydroxylation sites is 2. The third-order valence-electron chi connectivity index (χ3n) is 6.56. The van der Waals surface area contributed by atoms with Crippen LogP contribution in [0.5, 0.6) is 11.6 Å². The number of ether oxygens (including phenoxy) is 1. The summed E-state index contributed by atoms with van der Waals surface area (Å²) in [7, 11) is 0. The summed E-state index contributed by atoms with van der Waals surface area (Å²) in [6, 6.07) is 26.2. The Kier molecular flexibility index (Phi) is 7.44. The molecule has 0 bridgehead atoms. The van der Waals surface area contributed by atoms with Crippen LogP contribution in [0.2, 0.25) is 0 Å².